The summed E-state index contributed by atoms with van der Waals surface area (Å²) in [6, 6.07) is 15.6. The molecule has 0 unspecified atom stereocenters. The molecule has 3 aromatic rings. The number of pyridine rings is 1. The number of anilines is 1. The highest BCUT2D eigenvalue weighted by atomic mass is 79.9. The third-order valence-electron chi connectivity index (χ3n) is 3.07. The van der Waals surface area contributed by atoms with Crippen LogP contribution >= 0.6 is 15.9 Å². The average Bonchev–Trinajstić information content (AvgIpc) is 2.44. The van der Waals surface area contributed by atoms with E-state index in [-0.39, 0.29) is 0 Å². The second-order valence-electron chi connectivity index (χ2n) is 4.56. The molecule has 0 atom stereocenters. The lowest BCUT2D eigenvalue weighted by atomic mass is 10.2. The summed E-state index contributed by atoms with van der Waals surface area (Å²) >= 11 is 3.43. The Morgan fingerprint density at radius 1 is 1.10 bits per heavy atom. The smallest absolute Gasteiger partial charge is 0.222 e. The number of rotatable bonds is 2. The maximum Gasteiger partial charge on any atom is 0.222 e. The Bertz CT molecular complexity index is 787. The van der Waals surface area contributed by atoms with E-state index in [9.17, 15) is 0 Å². The first-order valence-electron chi connectivity index (χ1n) is 6.23. The molecule has 0 aliphatic rings. The fourth-order valence-corrected chi connectivity index (χ4v) is 2.36. The molecule has 0 aliphatic carbocycles. The van der Waals surface area contributed by atoms with Gasteiger partial charge in [-0.05, 0) is 47.1 Å². The van der Waals surface area contributed by atoms with Crippen molar-refractivity contribution in [2.24, 2.45) is 0 Å². The van der Waals surface area contributed by atoms with Crippen LogP contribution in [0.3, 0.4) is 0 Å². The third kappa shape index (κ3) is 2.34. The summed E-state index contributed by atoms with van der Waals surface area (Å²) in [5.74, 6) is 1.26. The Hall–Kier alpha value is -2.07. The second kappa shape index (κ2) is 5.13. The first-order chi connectivity index (χ1) is 9.65. The predicted octanol–water partition coefficient (Wildman–Crippen LogP) is 4.68. The number of nitrogens with zero attached hydrogens (tertiary/aromatic N) is 1. The molecular weight excluding hydrogens is 316 g/mol. The first kappa shape index (κ1) is 12.9. The molecule has 4 heteroatoms. The average molecular weight is 329 g/mol. The van der Waals surface area contributed by atoms with Crippen LogP contribution in [0.2, 0.25) is 0 Å². The van der Waals surface area contributed by atoms with Crippen LogP contribution in [0.1, 0.15) is 5.56 Å². The number of halogens is 1. The Kier molecular flexibility index (Phi) is 3.32. The Morgan fingerprint density at radius 3 is 2.75 bits per heavy atom. The van der Waals surface area contributed by atoms with Gasteiger partial charge in [0, 0.05) is 16.6 Å². The molecule has 0 spiro atoms. The van der Waals surface area contributed by atoms with E-state index in [0.717, 1.165) is 20.9 Å². The monoisotopic (exact) mass is 328 g/mol. The zero-order valence-electron chi connectivity index (χ0n) is 10.9. The van der Waals surface area contributed by atoms with E-state index in [0.29, 0.717) is 17.3 Å². The molecule has 100 valence electrons. The van der Waals surface area contributed by atoms with Gasteiger partial charge >= 0.3 is 0 Å². The molecule has 1 heterocycles. The largest absolute Gasteiger partial charge is 0.437 e. The fraction of sp³-hybridized carbons (Fsp3) is 0.0625. The van der Waals surface area contributed by atoms with E-state index in [1.807, 2.05) is 49.4 Å². The normalized spacial score (nSPS) is 10.7. The van der Waals surface area contributed by atoms with Crippen molar-refractivity contribution >= 4 is 32.5 Å². The van der Waals surface area contributed by atoms with Gasteiger partial charge in [0.05, 0.1) is 9.99 Å². The molecule has 1 aromatic heterocycles. The molecule has 2 N–H and O–H groups in total. The van der Waals surface area contributed by atoms with Gasteiger partial charge in [0.1, 0.15) is 5.75 Å². The number of nitrogens with two attached hydrogens (primary N) is 1. The van der Waals surface area contributed by atoms with Crippen LogP contribution in [-0.2, 0) is 0 Å². The minimum Gasteiger partial charge on any atom is -0.437 e. The number of hydrogen-bond acceptors (Lipinski definition) is 3. The van der Waals surface area contributed by atoms with Crippen molar-refractivity contribution in [3.8, 4) is 11.6 Å². The van der Waals surface area contributed by atoms with Crippen molar-refractivity contribution in [2.45, 2.75) is 6.92 Å². The van der Waals surface area contributed by atoms with Gasteiger partial charge in [-0.1, -0.05) is 24.3 Å². The quantitative estimate of drug-likeness (QED) is 0.695. The number of hydrogen-bond donors (Lipinski definition) is 1. The Labute approximate surface area is 125 Å². The van der Waals surface area contributed by atoms with Gasteiger partial charge in [0.15, 0.2) is 0 Å². The topological polar surface area (TPSA) is 48.1 Å². The summed E-state index contributed by atoms with van der Waals surface area (Å²) in [5.41, 5.74) is 8.39. The minimum atomic E-state index is 0.593. The summed E-state index contributed by atoms with van der Waals surface area (Å²) in [5, 5.41) is 1.10. The van der Waals surface area contributed by atoms with Gasteiger partial charge in [0.2, 0.25) is 5.88 Å². The molecule has 0 amide bonds. The van der Waals surface area contributed by atoms with Crippen molar-refractivity contribution in [2.75, 3.05) is 5.73 Å². The summed E-state index contributed by atoms with van der Waals surface area (Å²) in [6.07, 6.45) is 0. The highest BCUT2D eigenvalue weighted by Gasteiger charge is 2.09. The lowest BCUT2D eigenvalue weighted by molar-refractivity contribution is 0.458. The summed E-state index contributed by atoms with van der Waals surface area (Å²) in [6.45, 7) is 1.98. The van der Waals surface area contributed by atoms with Crippen LogP contribution in [0, 0.1) is 6.92 Å². The molecule has 0 fully saturated rings. The number of nitrogen functional groups attached to an aromatic ring is 1. The van der Waals surface area contributed by atoms with E-state index in [4.69, 9.17) is 10.5 Å². The van der Waals surface area contributed by atoms with Gasteiger partial charge in [-0.2, -0.15) is 0 Å². The molecule has 0 aliphatic heterocycles. The van der Waals surface area contributed by atoms with Gasteiger partial charge in [0.25, 0.3) is 0 Å². The van der Waals surface area contributed by atoms with Gasteiger partial charge < -0.3 is 10.5 Å². The maximum atomic E-state index is 5.89. The maximum absolute atomic E-state index is 5.89. The van der Waals surface area contributed by atoms with Crippen molar-refractivity contribution in [3.63, 3.8) is 0 Å². The number of para-hydroxylation sites is 1. The van der Waals surface area contributed by atoms with Gasteiger partial charge in [-0.25, -0.2) is 4.98 Å². The first-order valence-corrected chi connectivity index (χ1v) is 7.02. The van der Waals surface area contributed by atoms with E-state index in [2.05, 4.69) is 27.0 Å². The fourth-order valence-electron chi connectivity index (χ4n) is 2.02. The molecule has 0 radical (unpaired) electrons. The molecular formula is C16H13BrN2O. The van der Waals surface area contributed by atoms with Crippen LogP contribution in [0.15, 0.2) is 53.0 Å². The minimum absolute atomic E-state index is 0.593. The second-order valence-corrected chi connectivity index (χ2v) is 5.36. The zero-order chi connectivity index (χ0) is 14.1. The molecule has 20 heavy (non-hydrogen) atoms. The number of benzene rings is 2. The van der Waals surface area contributed by atoms with Crippen molar-refractivity contribution < 1.29 is 4.74 Å². The SMILES string of the molecule is Cc1cc2ccccc2nc1Oc1cccc(N)c1Br. The zero-order valence-corrected chi connectivity index (χ0v) is 12.5. The molecule has 0 saturated heterocycles. The molecule has 3 rings (SSSR count). The van der Waals surface area contributed by atoms with E-state index >= 15 is 0 Å². The molecule has 0 saturated carbocycles. The van der Waals surface area contributed by atoms with Gasteiger partial charge in [-0.15, -0.1) is 0 Å². The van der Waals surface area contributed by atoms with Crippen molar-refractivity contribution in [3.05, 3.63) is 58.6 Å². The number of aromatic nitrogens is 1. The van der Waals surface area contributed by atoms with Gasteiger partial charge in [-0.3, -0.25) is 0 Å². The lowest BCUT2D eigenvalue weighted by Crippen LogP contribution is -1.95. The highest BCUT2D eigenvalue weighted by molar-refractivity contribution is 9.10. The van der Waals surface area contributed by atoms with Crippen LogP contribution in [-0.4, -0.2) is 4.98 Å². The summed E-state index contributed by atoms with van der Waals surface area (Å²) in [4.78, 5) is 4.56. The Morgan fingerprint density at radius 2 is 1.90 bits per heavy atom. The van der Waals surface area contributed by atoms with Crippen LogP contribution in [0.5, 0.6) is 11.6 Å². The molecule has 0 bridgehead atoms. The van der Waals surface area contributed by atoms with Crippen molar-refractivity contribution in [1.29, 1.82) is 0 Å². The van der Waals surface area contributed by atoms with Crippen LogP contribution in [0.25, 0.3) is 10.9 Å². The van der Waals surface area contributed by atoms with Crippen molar-refractivity contribution in [1.82, 2.24) is 4.98 Å². The van der Waals surface area contributed by atoms with E-state index in [1.54, 1.807) is 0 Å². The lowest BCUT2D eigenvalue weighted by Gasteiger charge is -2.11. The predicted molar refractivity (Wildman–Crippen MR) is 85.1 cm³/mol. The number of fused-ring (bicyclic) bond motifs is 1. The summed E-state index contributed by atoms with van der Waals surface area (Å²) < 4.78 is 6.64. The Balaban J connectivity index is 2.06. The third-order valence-corrected chi connectivity index (χ3v) is 3.92. The number of aryl methyl sites for hydroxylation is 1. The standard InChI is InChI=1S/C16H13BrN2O/c1-10-9-11-5-2-3-7-13(11)19-16(10)20-14-8-4-6-12(18)15(14)17/h2-9H,18H2,1H3. The highest BCUT2D eigenvalue weighted by Crippen LogP contribution is 2.34. The summed E-state index contributed by atoms with van der Waals surface area (Å²) in [7, 11) is 0. The molecule has 2 aromatic carbocycles. The van der Waals surface area contributed by atoms with E-state index in [1.165, 1.54) is 0 Å². The number of ether oxygens (including phenoxy) is 1. The van der Waals surface area contributed by atoms with Crippen LogP contribution < -0.4 is 10.5 Å². The van der Waals surface area contributed by atoms with Crippen LogP contribution in [0.4, 0.5) is 5.69 Å². The van der Waals surface area contributed by atoms with E-state index < -0.39 is 0 Å². The molecule has 3 nitrogen and oxygen atoms in total.